The molecule has 1 aromatic carbocycles. The number of aliphatic hydroxyl groups is 1. The van der Waals surface area contributed by atoms with E-state index in [0.717, 1.165) is 0 Å². The summed E-state index contributed by atoms with van der Waals surface area (Å²) in [5.41, 5.74) is 0.629. The number of carbonyl (C=O) groups is 1. The van der Waals surface area contributed by atoms with Gasteiger partial charge in [-0.1, -0.05) is 11.6 Å². The Hall–Kier alpha value is -1.85. The summed E-state index contributed by atoms with van der Waals surface area (Å²) in [6, 6.07) is 6.58. The lowest BCUT2D eigenvalue weighted by Gasteiger charge is -2.08. The highest BCUT2D eigenvalue weighted by Gasteiger charge is 2.14. The summed E-state index contributed by atoms with van der Waals surface area (Å²) in [5.74, 6) is -0.432. The summed E-state index contributed by atoms with van der Waals surface area (Å²) >= 11 is 5.89. The van der Waals surface area contributed by atoms with Gasteiger partial charge in [-0.15, -0.1) is 0 Å². The summed E-state index contributed by atoms with van der Waals surface area (Å²) in [6.45, 7) is 0.716. The number of nitrogens with one attached hydrogen (secondary N) is 1. The molecule has 0 radical (unpaired) electrons. The van der Waals surface area contributed by atoms with E-state index in [1.165, 1.54) is 6.07 Å². The van der Waals surface area contributed by atoms with E-state index in [2.05, 4.69) is 10.3 Å². The Bertz CT molecular complexity index is 616. The van der Waals surface area contributed by atoms with Crippen molar-refractivity contribution < 1.29 is 15.0 Å². The first-order chi connectivity index (χ1) is 9.13. The fourth-order valence-electron chi connectivity index (χ4n) is 1.79. The average Bonchev–Trinajstić information content (AvgIpc) is 2.38. The fraction of sp³-hybridized carbons (Fsp3) is 0.231. The van der Waals surface area contributed by atoms with Crippen molar-refractivity contribution in [2.45, 2.75) is 6.42 Å². The number of nitrogens with zero attached hydrogens (tertiary/aromatic N) is 1. The van der Waals surface area contributed by atoms with Crippen LogP contribution >= 0.6 is 11.6 Å². The second kappa shape index (κ2) is 5.86. The smallest absolute Gasteiger partial charge is 0.337 e. The number of aromatic carboxylic acids is 1. The third-order valence-electron chi connectivity index (χ3n) is 2.68. The largest absolute Gasteiger partial charge is 0.478 e. The molecule has 6 heteroatoms. The number of benzene rings is 1. The molecule has 0 saturated carbocycles. The third kappa shape index (κ3) is 2.94. The van der Waals surface area contributed by atoms with Crippen molar-refractivity contribution in [1.29, 1.82) is 0 Å². The molecule has 0 spiro atoms. The van der Waals surface area contributed by atoms with Crippen molar-refractivity contribution in [3.8, 4) is 0 Å². The predicted molar refractivity (Wildman–Crippen MR) is 73.9 cm³/mol. The van der Waals surface area contributed by atoms with Gasteiger partial charge in [0.25, 0.3) is 0 Å². The highest BCUT2D eigenvalue weighted by atomic mass is 35.5. The molecule has 2 rings (SSSR count). The molecule has 19 heavy (non-hydrogen) atoms. The second-order valence-electron chi connectivity index (χ2n) is 3.99. The molecule has 0 aliphatic rings. The summed E-state index contributed by atoms with van der Waals surface area (Å²) in [5, 5.41) is 21.6. The lowest BCUT2D eigenvalue weighted by molar-refractivity contribution is 0.0699. The maximum absolute atomic E-state index is 11.2. The monoisotopic (exact) mass is 280 g/mol. The first-order valence-electron chi connectivity index (χ1n) is 5.81. The van der Waals surface area contributed by atoms with Gasteiger partial charge in [0.15, 0.2) is 0 Å². The van der Waals surface area contributed by atoms with Crippen LogP contribution in [0.4, 0.5) is 5.82 Å². The van der Waals surface area contributed by atoms with Crippen molar-refractivity contribution in [1.82, 2.24) is 4.98 Å². The highest BCUT2D eigenvalue weighted by molar-refractivity contribution is 6.35. The Labute approximate surface area is 114 Å². The Kier molecular flexibility index (Phi) is 4.19. The standard InChI is InChI=1S/C13H13ClN2O3/c14-9-3-4-10-8(12(9)13(18)19)2-5-11(16-10)15-6-1-7-17/h2-5,17H,1,6-7H2,(H,15,16)(H,18,19). The number of rotatable bonds is 5. The van der Waals surface area contributed by atoms with Crippen LogP contribution in [-0.4, -0.2) is 34.3 Å². The van der Waals surface area contributed by atoms with Gasteiger partial charge in [-0.25, -0.2) is 9.78 Å². The van der Waals surface area contributed by atoms with Crippen molar-refractivity contribution >= 4 is 34.3 Å². The predicted octanol–water partition coefficient (Wildman–Crippen LogP) is 2.38. The van der Waals surface area contributed by atoms with Crippen LogP contribution in [0.5, 0.6) is 0 Å². The number of aliphatic hydroxyl groups excluding tert-OH is 1. The number of carboxylic acid groups (broad SMARTS) is 1. The van der Waals surface area contributed by atoms with Crippen LogP contribution in [0.15, 0.2) is 24.3 Å². The number of halogens is 1. The Morgan fingerprint density at radius 2 is 2.11 bits per heavy atom. The normalized spacial score (nSPS) is 10.6. The van der Waals surface area contributed by atoms with E-state index in [9.17, 15) is 4.79 Å². The van der Waals surface area contributed by atoms with Gasteiger partial charge < -0.3 is 15.5 Å². The zero-order valence-electron chi connectivity index (χ0n) is 10.1. The molecule has 1 aromatic heterocycles. The lowest BCUT2D eigenvalue weighted by Crippen LogP contribution is -2.05. The molecule has 100 valence electrons. The highest BCUT2D eigenvalue weighted by Crippen LogP contribution is 2.26. The number of aromatic nitrogens is 1. The van der Waals surface area contributed by atoms with Gasteiger partial charge in [0, 0.05) is 18.5 Å². The van der Waals surface area contributed by atoms with Crippen molar-refractivity contribution in [3.05, 3.63) is 34.9 Å². The molecule has 0 aliphatic heterocycles. The summed E-state index contributed by atoms with van der Waals surface area (Å²) in [4.78, 5) is 15.5. The van der Waals surface area contributed by atoms with E-state index in [1.54, 1.807) is 18.2 Å². The van der Waals surface area contributed by atoms with E-state index in [0.29, 0.717) is 29.7 Å². The number of pyridine rings is 1. The topological polar surface area (TPSA) is 82.5 Å². The van der Waals surface area contributed by atoms with E-state index < -0.39 is 5.97 Å². The van der Waals surface area contributed by atoms with Crippen LogP contribution in [0, 0.1) is 0 Å². The molecule has 0 fully saturated rings. The van der Waals surface area contributed by atoms with Crippen LogP contribution in [0.3, 0.4) is 0 Å². The van der Waals surface area contributed by atoms with Crippen molar-refractivity contribution in [2.24, 2.45) is 0 Å². The van der Waals surface area contributed by atoms with E-state index in [4.69, 9.17) is 21.8 Å². The average molecular weight is 281 g/mol. The molecular weight excluding hydrogens is 268 g/mol. The minimum absolute atomic E-state index is 0.0635. The van der Waals surface area contributed by atoms with Gasteiger partial charge in [-0.3, -0.25) is 0 Å². The summed E-state index contributed by atoms with van der Waals surface area (Å²) in [6.07, 6.45) is 0.626. The summed E-state index contributed by atoms with van der Waals surface area (Å²) in [7, 11) is 0. The van der Waals surface area contributed by atoms with Gasteiger partial charge in [-0.2, -0.15) is 0 Å². The van der Waals surface area contributed by atoms with Gasteiger partial charge in [0.2, 0.25) is 0 Å². The number of carboxylic acids is 1. The zero-order chi connectivity index (χ0) is 13.8. The number of fused-ring (bicyclic) bond motifs is 1. The number of hydrogen-bond donors (Lipinski definition) is 3. The lowest BCUT2D eigenvalue weighted by atomic mass is 10.1. The van der Waals surface area contributed by atoms with Crippen LogP contribution in [0.1, 0.15) is 16.8 Å². The first kappa shape index (κ1) is 13.6. The van der Waals surface area contributed by atoms with E-state index in [1.807, 2.05) is 0 Å². The van der Waals surface area contributed by atoms with Gasteiger partial charge in [0.05, 0.1) is 16.1 Å². The SMILES string of the molecule is O=C(O)c1c(Cl)ccc2nc(NCCCO)ccc12. The van der Waals surface area contributed by atoms with Crippen molar-refractivity contribution in [2.75, 3.05) is 18.5 Å². The molecule has 0 unspecified atom stereocenters. The Morgan fingerprint density at radius 3 is 2.79 bits per heavy atom. The fourth-order valence-corrected chi connectivity index (χ4v) is 2.03. The second-order valence-corrected chi connectivity index (χ2v) is 4.40. The molecule has 2 aromatic rings. The molecule has 0 aliphatic carbocycles. The zero-order valence-corrected chi connectivity index (χ0v) is 10.8. The number of hydrogen-bond acceptors (Lipinski definition) is 4. The van der Waals surface area contributed by atoms with Gasteiger partial charge in [0.1, 0.15) is 5.82 Å². The van der Waals surface area contributed by atoms with Gasteiger partial charge in [-0.05, 0) is 30.7 Å². The van der Waals surface area contributed by atoms with Crippen molar-refractivity contribution in [3.63, 3.8) is 0 Å². The van der Waals surface area contributed by atoms with E-state index >= 15 is 0 Å². The maximum Gasteiger partial charge on any atom is 0.337 e. The number of anilines is 1. The molecule has 0 atom stereocenters. The molecule has 5 nitrogen and oxygen atoms in total. The minimum atomic E-state index is -1.07. The van der Waals surface area contributed by atoms with E-state index in [-0.39, 0.29) is 17.2 Å². The Balaban J connectivity index is 2.39. The third-order valence-corrected chi connectivity index (χ3v) is 2.99. The molecule has 0 bridgehead atoms. The molecular formula is C13H13ClN2O3. The van der Waals surface area contributed by atoms with Crippen LogP contribution in [0.2, 0.25) is 5.02 Å². The molecule has 3 N–H and O–H groups in total. The Morgan fingerprint density at radius 1 is 1.32 bits per heavy atom. The van der Waals surface area contributed by atoms with Crippen LogP contribution in [-0.2, 0) is 0 Å². The maximum atomic E-state index is 11.2. The van der Waals surface area contributed by atoms with Crippen LogP contribution < -0.4 is 5.32 Å². The molecule has 0 amide bonds. The molecule has 0 saturated heterocycles. The summed E-state index contributed by atoms with van der Waals surface area (Å²) < 4.78 is 0. The quantitative estimate of drug-likeness (QED) is 0.733. The minimum Gasteiger partial charge on any atom is -0.478 e. The first-order valence-corrected chi connectivity index (χ1v) is 6.18. The molecule has 1 heterocycles. The van der Waals surface area contributed by atoms with Gasteiger partial charge >= 0.3 is 5.97 Å². The van der Waals surface area contributed by atoms with Crippen LogP contribution in [0.25, 0.3) is 10.9 Å².